The van der Waals surface area contributed by atoms with Gasteiger partial charge in [0, 0.05) is 29.4 Å². The highest BCUT2D eigenvalue weighted by atomic mass is 35.5. The van der Waals surface area contributed by atoms with E-state index in [1.54, 1.807) is 23.6 Å². The fourth-order valence-corrected chi connectivity index (χ4v) is 3.35. The summed E-state index contributed by atoms with van der Waals surface area (Å²) < 4.78 is 0. The molecule has 0 aliphatic carbocycles. The number of nitrogens with one attached hydrogen (secondary N) is 1. The molecule has 1 fully saturated rings. The SMILES string of the molecule is C[C@@H](C(=O)NCCCSc1ccc(Cl)cc1)N1CCCC1=O. The minimum absolute atomic E-state index is 0.0632. The van der Waals surface area contributed by atoms with Crippen LogP contribution in [0.1, 0.15) is 26.2 Å². The van der Waals surface area contributed by atoms with E-state index in [1.807, 2.05) is 24.3 Å². The molecule has 6 heteroatoms. The van der Waals surface area contributed by atoms with Crippen molar-refractivity contribution >= 4 is 35.2 Å². The van der Waals surface area contributed by atoms with Gasteiger partial charge in [0.1, 0.15) is 6.04 Å². The molecule has 0 spiro atoms. The number of nitrogens with zero attached hydrogens (tertiary/aromatic N) is 1. The highest BCUT2D eigenvalue weighted by Crippen LogP contribution is 2.20. The third-order valence-electron chi connectivity index (χ3n) is 3.66. The Bertz CT molecular complexity index is 521. The topological polar surface area (TPSA) is 49.4 Å². The van der Waals surface area contributed by atoms with Crippen LogP contribution in [0.2, 0.25) is 5.02 Å². The van der Waals surface area contributed by atoms with Gasteiger partial charge in [-0.2, -0.15) is 0 Å². The Kier molecular flexibility index (Phi) is 6.58. The number of thioether (sulfide) groups is 1. The first-order valence-corrected chi connectivity index (χ1v) is 8.90. The average molecular weight is 341 g/mol. The molecule has 120 valence electrons. The normalized spacial score (nSPS) is 15.9. The first-order chi connectivity index (χ1) is 10.6. The quantitative estimate of drug-likeness (QED) is 0.613. The Morgan fingerprint density at radius 1 is 1.41 bits per heavy atom. The van der Waals surface area contributed by atoms with Crippen molar-refractivity contribution in [3.05, 3.63) is 29.3 Å². The lowest BCUT2D eigenvalue weighted by atomic mass is 10.2. The lowest BCUT2D eigenvalue weighted by Crippen LogP contribution is -2.45. The number of likely N-dealkylation sites (tertiary alicyclic amines) is 1. The molecule has 4 nitrogen and oxygen atoms in total. The van der Waals surface area contributed by atoms with Crippen LogP contribution < -0.4 is 5.32 Å². The van der Waals surface area contributed by atoms with Crippen LogP contribution >= 0.6 is 23.4 Å². The molecule has 1 aliphatic rings. The molecule has 1 saturated heterocycles. The van der Waals surface area contributed by atoms with E-state index in [9.17, 15) is 9.59 Å². The van der Waals surface area contributed by atoms with Gasteiger partial charge in [-0.1, -0.05) is 11.6 Å². The molecular formula is C16H21ClN2O2S. The van der Waals surface area contributed by atoms with Gasteiger partial charge in [0.25, 0.3) is 0 Å². The predicted molar refractivity (Wildman–Crippen MR) is 90.2 cm³/mol. The van der Waals surface area contributed by atoms with E-state index in [-0.39, 0.29) is 17.9 Å². The predicted octanol–water partition coefficient (Wildman–Crippen LogP) is 2.95. The van der Waals surface area contributed by atoms with Gasteiger partial charge in [-0.25, -0.2) is 0 Å². The largest absolute Gasteiger partial charge is 0.354 e. The Morgan fingerprint density at radius 3 is 2.77 bits per heavy atom. The molecule has 1 N–H and O–H groups in total. The van der Waals surface area contributed by atoms with Gasteiger partial charge >= 0.3 is 0 Å². The molecule has 1 aromatic carbocycles. The van der Waals surface area contributed by atoms with E-state index in [1.165, 1.54) is 4.90 Å². The number of hydrogen-bond donors (Lipinski definition) is 1. The summed E-state index contributed by atoms with van der Waals surface area (Å²) >= 11 is 7.58. The van der Waals surface area contributed by atoms with E-state index in [4.69, 9.17) is 11.6 Å². The maximum Gasteiger partial charge on any atom is 0.242 e. The van der Waals surface area contributed by atoms with E-state index in [0.717, 1.165) is 23.6 Å². The van der Waals surface area contributed by atoms with Crippen molar-refractivity contribution in [3.8, 4) is 0 Å². The van der Waals surface area contributed by atoms with Crippen molar-refractivity contribution in [3.63, 3.8) is 0 Å². The highest BCUT2D eigenvalue weighted by molar-refractivity contribution is 7.99. The average Bonchev–Trinajstić information content (AvgIpc) is 2.94. The van der Waals surface area contributed by atoms with Crippen molar-refractivity contribution in [1.29, 1.82) is 0 Å². The Balaban J connectivity index is 1.62. The second-order valence-corrected chi connectivity index (χ2v) is 6.92. The fourth-order valence-electron chi connectivity index (χ4n) is 2.37. The van der Waals surface area contributed by atoms with Crippen molar-refractivity contribution in [2.24, 2.45) is 0 Å². The van der Waals surface area contributed by atoms with Gasteiger partial charge in [-0.05, 0) is 49.8 Å². The smallest absolute Gasteiger partial charge is 0.242 e. The summed E-state index contributed by atoms with van der Waals surface area (Å²) in [7, 11) is 0. The van der Waals surface area contributed by atoms with Crippen molar-refractivity contribution in [1.82, 2.24) is 10.2 Å². The third-order valence-corrected chi connectivity index (χ3v) is 5.01. The molecule has 1 aromatic rings. The number of benzene rings is 1. The van der Waals surface area contributed by atoms with Crippen molar-refractivity contribution in [2.75, 3.05) is 18.8 Å². The molecular weight excluding hydrogens is 320 g/mol. The second-order valence-electron chi connectivity index (χ2n) is 5.31. The van der Waals surface area contributed by atoms with Crippen LogP contribution in [0.5, 0.6) is 0 Å². The first-order valence-electron chi connectivity index (χ1n) is 7.53. The molecule has 1 aliphatic heterocycles. The number of halogens is 1. The summed E-state index contributed by atoms with van der Waals surface area (Å²) in [5.74, 6) is 0.951. The van der Waals surface area contributed by atoms with Crippen LogP contribution in [-0.4, -0.2) is 41.6 Å². The minimum Gasteiger partial charge on any atom is -0.354 e. The molecule has 0 unspecified atom stereocenters. The summed E-state index contributed by atoms with van der Waals surface area (Å²) in [5, 5.41) is 3.65. The Hall–Kier alpha value is -1.20. The van der Waals surface area contributed by atoms with E-state index >= 15 is 0 Å². The van der Waals surface area contributed by atoms with Crippen LogP contribution in [0.3, 0.4) is 0 Å². The Morgan fingerprint density at radius 2 is 2.14 bits per heavy atom. The second kappa shape index (κ2) is 8.44. The summed E-state index contributed by atoms with van der Waals surface area (Å²) in [6.45, 7) is 3.12. The summed E-state index contributed by atoms with van der Waals surface area (Å²) in [5.41, 5.74) is 0. The van der Waals surface area contributed by atoms with E-state index in [0.29, 0.717) is 19.5 Å². The number of carbonyl (C=O) groups excluding carboxylic acids is 2. The van der Waals surface area contributed by atoms with Gasteiger partial charge in [0.05, 0.1) is 0 Å². The van der Waals surface area contributed by atoms with Gasteiger partial charge in [-0.3, -0.25) is 9.59 Å². The van der Waals surface area contributed by atoms with Gasteiger partial charge in [0.15, 0.2) is 0 Å². The molecule has 1 atom stereocenters. The molecule has 0 saturated carbocycles. The molecule has 0 radical (unpaired) electrons. The Labute approximate surface area is 140 Å². The maximum atomic E-state index is 12.0. The third kappa shape index (κ3) is 4.92. The molecule has 0 aromatic heterocycles. The summed E-state index contributed by atoms with van der Waals surface area (Å²) in [4.78, 5) is 26.5. The number of amides is 2. The molecule has 0 bridgehead atoms. The monoisotopic (exact) mass is 340 g/mol. The van der Waals surface area contributed by atoms with Gasteiger partial charge < -0.3 is 10.2 Å². The minimum atomic E-state index is -0.362. The zero-order chi connectivity index (χ0) is 15.9. The van der Waals surface area contributed by atoms with Crippen LogP contribution in [-0.2, 0) is 9.59 Å². The van der Waals surface area contributed by atoms with Crippen molar-refractivity contribution < 1.29 is 9.59 Å². The lowest BCUT2D eigenvalue weighted by Gasteiger charge is -2.23. The fraction of sp³-hybridized carbons (Fsp3) is 0.500. The summed E-state index contributed by atoms with van der Waals surface area (Å²) in [6, 6.07) is 7.37. The van der Waals surface area contributed by atoms with Gasteiger partial charge in [0.2, 0.25) is 11.8 Å². The maximum absolute atomic E-state index is 12.0. The number of rotatable bonds is 7. The van der Waals surface area contributed by atoms with Crippen LogP contribution in [0.15, 0.2) is 29.2 Å². The molecule has 2 rings (SSSR count). The van der Waals surface area contributed by atoms with Crippen molar-refractivity contribution in [2.45, 2.75) is 37.1 Å². The van der Waals surface area contributed by atoms with Crippen LogP contribution in [0, 0.1) is 0 Å². The molecule has 22 heavy (non-hydrogen) atoms. The number of carbonyl (C=O) groups is 2. The summed E-state index contributed by atoms with van der Waals surface area (Å²) in [6.07, 6.45) is 2.31. The van der Waals surface area contributed by atoms with Crippen LogP contribution in [0.4, 0.5) is 0 Å². The molecule has 2 amide bonds. The van der Waals surface area contributed by atoms with E-state index in [2.05, 4.69) is 5.32 Å². The highest BCUT2D eigenvalue weighted by Gasteiger charge is 2.28. The number of hydrogen-bond acceptors (Lipinski definition) is 3. The molecule has 1 heterocycles. The zero-order valence-electron chi connectivity index (χ0n) is 12.7. The zero-order valence-corrected chi connectivity index (χ0v) is 14.3. The lowest BCUT2D eigenvalue weighted by molar-refractivity contribution is -0.136. The first kappa shape index (κ1) is 17.2. The standard InChI is InChI=1S/C16H21ClN2O2S/c1-12(19-10-2-4-15(19)20)16(21)18-9-3-11-22-14-7-5-13(17)6-8-14/h5-8,12H,2-4,9-11H2,1H3,(H,18,21)/t12-/m0/s1. The van der Waals surface area contributed by atoms with E-state index < -0.39 is 0 Å². The van der Waals surface area contributed by atoms with Crippen LogP contribution in [0.25, 0.3) is 0 Å². The van der Waals surface area contributed by atoms with Gasteiger partial charge in [-0.15, -0.1) is 11.8 Å².